The smallest absolute Gasteiger partial charge is 0.305 e. The van der Waals surface area contributed by atoms with Crippen molar-refractivity contribution in [3.05, 3.63) is 30.3 Å². The van der Waals surface area contributed by atoms with Crippen LogP contribution in [0.2, 0.25) is 0 Å². The van der Waals surface area contributed by atoms with E-state index in [0.29, 0.717) is 23.3 Å². The quantitative estimate of drug-likeness (QED) is 0.218. The maximum Gasteiger partial charge on any atom is 0.305 e. The van der Waals surface area contributed by atoms with Gasteiger partial charge in [0.2, 0.25) is 0 Å². The highest BCUT2D eigenvalue weighted by Gasteiger charge is 2.30. The van der Waals surface area contributed by atoms with Crippen molar-refractivity contribution in [3.8, 4) is 0 Å². The monoisotopic (exact) mass is 484 g/mol. The predicted molar refractivity (Wildman–Crippen MR) is 137 cm³/mol. The second kappa shape index (κ2) is 15.3. The van der Waals surface area contributed by atoms with Gasteiger partial charge >= 0.3 is 16.2 Å². The molecule has 1 rings (SSSR count). The zero-order valence-corrected chi connectivity index (χ0v) is 21.9. The number of para-hydroxylation sites is 1. The van der Waals surface area contributed by atoms with E-state index in [9.17, 15) is 18.3 Å². The van der Waals surface area contributed by atoms with Gasteiger partial charge in [0.1, 0.15) is 0 Å². The minimum atomic E-state index is -3.89. The SMILES string of the molecule is CCCCCCCCCCCCN(c1ccccc1)S(=O)(=O)NC(CC(=O)O)C[N+](C)(C)C. The average Bonchev–Trinajstić information content (AvgIpc) is 2.70. The summed E-state index contributed by atoms with van der Waals surface area (Å²) < 4.78 is 31.2. The van der Waals surface area contributed by atoms with Crippen molar-refractivity contribution < 1.29 is 22.8 Å². The Kier molecular flexibility index (Phi) is 13.6. The van der Waals surface area contributed by atoms with Crippen LogP contribution >= 0.6 is 0 Å². The summed E-state index contributed by atoms with van der Waals surface area (Å²) >= 11 is 0. The van der Waals surface area contributed by atoms with Crippen molar-refractivity contribution >= 4 is 21.9 Å². The Bertz CT molecular complexity index is 764. The lowest BCUT2D eigenvalue weighted by molar-refractivity contribution is -0.871. The van der Waals surface area contributed by atoms with E-state index in [1.165, 1.54) is 49.3 Å². The average molecular weight is 485 g/mol. The first kappa shape index (κ1) is 29.4. The van der Waals surface area contributed by atoms with Crippen LogP contribution in [-0.2, 0) is 15.0 Å². The molecule has 0 spiro atoms. The fourth-order valence-corrected chi connectivity index (χ4v) is 5.49. The number of anilines is 1. The number of hydrogen-bond donors (Lipinski definition) is 2. The molecule has 0 radical (unpaired) electrons. The van der Waals surface area contributed by atoms with Crippen LogP contribution in [0.5, 0.6) is 0 Å². The van der Waals surface area contributed by atoms with Crippen LogP contribution in [-0.4, -0.2) is 64.3 Å². The molecule has 0 aliphatic heterocycles. The molecule has 0 aliphatic carbocycles. The summed E-state index contributed by atoms with van der Waals surface area (Å²) in [5.41, 5.74) is 0.597. The van der Waals surface area contributed by atoms with Crippen LogP contribution in [0.15, 0.2) is 30.3 Å². The molecule has 0 amide bonds. The zero-order chi connectivity index (χ0) is 24.7. The third kappa shape index (κ3) is 13.6. The van der Waals surface area contributed by atoms with Gasteiger partial charge in [-0.3, -0.25) is 9.10 Å². The Morgan fingerprint density at radius 1 is 0.939 bits per heavy atom. The molecule has 7 nitrogen and oxygen atoms in total. The molecule has 0 fully saturated rings. The summed E-state index contributed by atoms with van der Waals surface area (Å²) in [6, 6.07) is 8.36. The third-order valence-corrected chi connectivity index (χ3v) is 7.16. The molecule has 1 atom stereocenters. The summed E-state index contributed by atoms with van der Waals surface area (Å²) in [7, 11) is 1.86. The number of benzene rings is 1. The number of rotatable bonds is 19. The second-order valence-corrected chi connectivity index (χ2v) is 11.6. The van der Waals surface area contributed by atoms with Gasteiger partial charge in [0.05, 0.1) is 45.8 Å². The molecule has 1 aromatic rings. The number of quaternary nitrogens is 1. The number of carboxylic acid groups (broad SMARTS) is 1. The topological polar surface area (TPSA) is 86.7 Å². The summed E-state index contributed by atoms with van der Waals surface area (Å²) in [4.78, 5) is 11.3. The van der Waals surface area contributed by atoms with Gasteiger partial charge in [-0.2, -0.15) is 13.1 Å². The third-order valence-electron chi connectivity index (χ3n) is 5.55. The van der Waals surface area contributed by atoms with E-state index in [4.69, 9.17) is 0 Å². The molecule has 0 aliphatic rings. The molecule has 33 heavy (non-hydrogen) atoms. The van der Waals surface area contributed by atoms with Crippen LogP contribution in [0, 0.1) is 0 Å². The molecular formula is C25H46N3O4S+. The number of likely N-dealkylation sites (N-methyl/N-ethyl adjacent to an activating group) is 1. The number of unbranched alkanes of at least 4 members (excludes halogenated alkanes) is 9. The van der Waals surface area contributed by atoms with Crippen molar-refractivity contribution in [1.29, 1.82) is 0 Å². The second-order valence-electron chi connectivity index (χ2n) is 9.98. The summed E-state index contributed by atoms with van der Waals surface area (Å²) in [5.74, 6) is -1.02. The van der Waals surface area contributed by atoms with E-state index < -0.39 is 22.2 Å². The maximum atomic E-state index is 13.3. The van der Waals surface area contributed by atoms with E-state index in [0.717, 1.165) is 19.3 Å². The minimum Gasteiger partial charge on any atom is -0.481 e. The van der Waals surface area contributed by atoms with Gasteiger partial charge in [0.15, 0.2) is 0 Å². The van der Waals surface area contributed by atoms with Crippen molar-refractivity contribution in [2.45, 2.75) is 83.6 Å². The Balaban J connectivity index is 2.70. The Morgan fingerprint density at radius 3 is 1.94 bits per heavy atom. The van der Waals surface area contributed by atoms with Gasteiger partial charge in [-0.05, 0) is 18.6 Å². The van der Waals surface area contributed by atoms with Gasteiger partial charge in [0.25, 0.3) is 0 Å². The fourth-order valence-electron chi connectivity index (χ4n) is 4.01. The van der Waals surface area contributed by atoms with Crippen LogP contribution < -0.4 is 9.03 Å². The number of hydrogen-bond acceptors (Lipinski definition) is 3. The van der Waals surface area contributed by atoms with E-state index in [1.54, 1.807) is 12.1 Å². The summed E-state index contributed by atoms with van der Waals surface area (Å²) in [5, 5.41) is 9.28. The Labute approximate surface area is 201 Å². The van der Waals surface area contributed by atoms with Gasteiger partial charge < -0.3 is 9.59 Å². The van der Waals surface area contributed by atoms with E-state index >= 15 is 0 Å². The van der Waals surface area contributed by atoms with Gasteiger partial charge in [-0.1, -0.05) is 82.9 Å². The van der Waals surface area contributed by atoms with Crippen molar-refractivity contribution in [1.82, 2.24) is 4.72 Å². The summed E-state index contributed by atoms with van der Waals surface area (Å²) in [6.07, 6.45) is 11.5. The largest absolute Gasteiger partial charge is 0.481 e. The number of carboxylic acids is 1. The standard InChI is InChI=1S/C25H45N3O4S/c1-5-6-7-8-9-10-11-12-13-17-20-27(24-18-15-14-16-19-24)33(31,32)26-23(21-25(29)30)22-28(2,3)4/h14-16,18-19,23,26H,5-13,17,20-22H2,1-4H3/p+1. The predicted octanol–water partition coefficient (Wildman–Crippen LogP) is 4.80. The van der Waals surface area contributed by atoms with Crippen molar-refractivity contribution in [2.75, 3.05) is 38.5 Å². The van der Waals surface area contributed by atoms with Crippen LogP contribution in [0.1, 0.15) is 77.6 Å². The van der Waals surface area contributed by atoms with Crippen LogP contribution in [0.3, 0.4) is 0 Å². The van der Waals surface area contributed by atoms with Gasteiger partial charge in [-0.25, -0.2) is 0 Å². The molecule has 2 N–H and O–H groups in total. The number of nitrogens with one attached hydrogen (secondary N) is 1. The molecule has 0 bridgehead atoms. The van der Waals surface area contributed by atoms with E-state index in [-0.39, 0.29) is 6.42 Å². The number of nitrogens with zero attached hydrogens (tertiary/aromatic N) is 2. The molecule has 0 saturated heterocycles. The van der Waals surface area contributed by atoms with Gasteiger partial charge in [-0.15, -0.1) is 0 Å². The molecule has 190 valence electrons. The first-order valence-electron chi connectivity index (χ1n) is 12.4. The molecular weight excluding hydrogens is 438 g/mol. The zero-order valence-electron chi connectivity index (χ0n) is 21.1. The molecule has 1 aromatic carbocycles. The highest BCUT2D eigenvalue weighted by Crippen LogP contribution is 2.19. The minimum absolute atomic E-state index is 0.254. The number of aliphatic carboxylic acids is 1. The molecule has 0 heterocycles. The molecule has 8 heteroatoms. The van der Waals surface area contributed by atoms with E-state index in [1.807, 2.05) is 39.3 Å². The number of carbonyl (C=O) groups is 1. The van der Waals surface area contributed by atoms with Gasteiger partial charge in [0, 0.05) is 6.54 Å². The van der Waals surface area contributed by atoms with Crippen LogP contribution in [0.25, 0.3) is 0 Å². The van der Waals surface area contributed by atoms with Crippen molar-refractivity contribution in [2.24, 2.45) is 0 Å². The molecule has 1 unspecified atom stereocenters. The van der Waals surface area contributed by atoms with Crippen LogP contribution in [0.4, 0.5) is 5.69 Å². The molecule has 0 aromatic heterocycles. The Hall–Kier alpha value is -1.64. The summed E-state index contributed by atoms with van der Waals surface area (Å²) in [6.45, 7) is 2.98. The maximum absolute atomic E-state index is 13.3. The van der Waals surface area contributed by atoms with Crippen molar-refractivity contribution in [3.63, 3.8) is 0 Å². The molecule has 0 saturated carbocycles. The highest BCUT2D eigenvalue weighted by atomic mass is 32.2. The normalized spacial score (nSPS) is 13.1. The van der Waals surface area contributed by atoms with E-state index in [2.05, 4.69) is 11.6 Å². The first-order chi connectivity index (χ1) is 15.5. The highest BCUT2D eigenvalue weighted by molar-refractivity contribution is 7.90. The fraction of sp³-hybridized carbons (Fsp3) is 0.720. The Morgan fingerprint density at radius 2 is 1.45 bits per heavy atom. The lowest BCUT2D eigenvalue weighted by atomic mass is 10.1. The lowest BCUT2D eigenvalue weighted by Gasteiger charge is -2.31. The first-order valence-corrected chi connectivity index (χ1v) is 13.9. The lowest BCUT2D eigenvalue weighted by Crippen LogP contribution is -2.53.